The molecule has 0 aromatic heterocycles. The fourth-order valence-electron chi connectivity index (χ4n) is 1.73. The molecule has 0 saturated carbocycles. The molecule has 1 rings (SSSR count). The number of nitrogens with zero attached hydrogens (tertiary/aromatic N) is 2. The zero-order valence-corrected chi connectivity index (χ0v) is 12.0. The molecule has 0 amide bonds. The normalized spacial score (nSPS) is 13.3. The van der Waals surface area contributed by atoms with Crippen LogP contribution in [0.4, 0.5) is 5.69 Å². The molecule has 6 heteroatoms. The van der Waals surface area contributed by atoms with Crippen molar-refractivity contribution in [1.29, 1.82) is 5.26 Å². The molecule has 0 heterocycles. The van der Waals surface area contributed by atoms with Crippen LogP contribution in [0.15, 0.2) is 18.2 Å². The number of ether oxygens (including phenoxy) is 1. The van der Waals surface area contributed by atoms with E-state index in [1.807, 2.05) is 6.92 Å². The van der Waals surface area contributed by atoms with Gasteiger partial charge in [-0.05, 0) is 32.9 Å². The summed E-state index contributed by atoms with van der Waals surface area (Å²) < 4.78 is 5.51. The van der Waals surface area contributed by atoms with Gasteiger partial charge < -0.3 is 4.74 Å². The third kappa shape index (κ3) is 3.93. The van der Waals surface area contributed by atoms with Gasteiger partial charge in [0.15, 0.2) is 5.75 Å². The van der Waals surface area contributed by atoms with Gasteiger partial charge in [-0.2, -0.15) is 5.26 Å². The molecule has 1 aromatic carbocycles. The van der Waals surface area contributed by atoms with Gasteiger partial charge in [0.2, 0.25) is 0 Å². The lowest BCUT2D eigenvalue weighted by Crippen LogP contribution is -2.46. The maximum atomic E-state index is 11.1. The second-order valence-corrected chi connectivity index (χ2v) is 4.84. The Morgan fingerprint density at radius 3 is 2.80 bits per heavy atom. The smallest absolute Gasteiger partial charge is 0.313 e. The Bertz CT molecular complexity index is 525. The lowest BCUT2D eigenvalue weighted by atomic mass is 10.1. The van der Waals surface area contributed by atoms with Crippen LogP contribution in [0.25, 0.3) is 0 Å². The van der Waals surface area contributed by atoms with Crippen molar-refractivity contribution < 1.29 is 9.66 Å². The lowest BCUT2D eigenvalue weighted by Gasteiger charge is -2.23. The van der Waals surface area contributed by atoms with Crippen LogP contribution in [0, 0.1) is 28.4 Å². The molecule has 0 spiro atoms. The highest BCUT2D eigenvalue weighted by molar-refractivity contribution is 5.52. The number of aryl methyl sites for hydroxylation is 1. The first-order valence-corrected chi connectivity index (χ1v) is 6.46. The van der Waals surface area contributed by atoms with Gasteiger partial charge in [-0.1, -0.05) is 19.1 Å². The third-order valence-electron chi connectivity index (χ3n) is 2.91. The van der Waals surface area contributed by atoms with E-state index in [1.54, 1.807) is 32.0 Å². The maximum Gasteiger partial charge on any atom is 0.313 e. The quantitative estimate of drug-likeness (QED) is 0.611. The molecule has 108 valence electrons. The van der Waals surface area contributed by atoms with E-state index in [1.165, 1.54) is 0 Å². The minimum atomic E-state index is -0.867. The van der Waals surface area contributed by atoms with Gasteiger partial charge in [0.25, 0.3) is 0 Å². The molecule has 6 nitrogen and oxygen atoms in total. The third-order valence-corrected chi connectivity index (χ3v) is 2.91. The summed E-state index contributed by atoms with van der Waals surface area (Å²) >= 11 is 0. The van der Waals surface area contributed by atoms with Crippen LogP contribution >= 0.6 is 0 Å². The molecule has 20 heavy (non-hydrogen) atoms. The van der Waals surface area contributed by atoms with E-state index in [9.17, 15) is 15.4 Å². The second kappa shape index (κ2) is 6.87. The van der Waals surface area contributed by atoms with Crippen molar-refractivity contribution in [2.75, 3.05) is 13.2 Å². The largest absolute Gasteiger partial charge is 0.484 e. The van der Waals surface area contributed by atoms with Crippen LogP contribution in [0.1, 0.15) is 25.8 Å². The summed E-state index contributed by atoms with van der Waals surface area (Å²) in [6.07, 6.45) is 0.891. The molecule has 0 saturated heterocycles. The van der Waals surface area contributed by atoms with E-state index < -0.39 is 10.5 Å². The highest BCUT2D eigenvalue weighted by atomic mass is 16.6. The van der Waals surface area contributed by atoms with E-state index >= 15 is 0 Å². The molecule has 0 aliphatic carbocycles. The Morgan fingerprint density at radius 2 is 2.25 bits per heavy atom. The molecule has 0 aliphatic heterocycles. The van der Waals surface area contributed by atoms with Gasteiger partial charge in [-0.3, -0.25) is 15.4 Å². The molecule has 0 radical (unpaired) electrons. The van der Waals surface area contributed by atoms with Gasteiger partial charge in [-0.15, -0.1) is 0 Å². The second-order valence-electron chi connectivity index (χ2n) is 4.84. The average molecular weight is 277 g/mol. The summed E-state index contributed by atoms with van der Waals surface area (Å²) in [6.45, 7) is 6.10. The zero-order valence-electron chi connectivity index (χ0n) is 12.0. The summed E-state index contributed by atoms with van der Waals surface area (Å²) in [6, 6.07) is 7.04. The van der Waals surface area contributed by atoms with Crippen LogP contribution in [0.3, 0.4) is 0 Å². The monoisotopic (exact) mass is 277 g/mol. The van der Waals surface area contributed by atoms with Crippen molar-refractivity contribution >= 4 is 5.69 Å². The van der Waals surface area contributed by atoms with Crippen LogP contribution in [-0.4, -0.2) is 23.6 Å². The summed E-state index contributed by atoms with van der Waals surface area (Å²) in [5, 5.41) is 23.3. The summed E-state index contributed by atoms with van der Waals surface area (Å²) in [5.74, 6) is 0.190. The molecule has 1 atom stereocenters. The Morgan fingerprint density at radius 1 is 1.55 bits per heavy atom. The number of nitrogens with one attached hydrogen (secondary N) is 1. The molecule has 0 bridgehead atoms. The Balaban J connectivity index is 2.87. The van der Waals surface area contributed by atoms with Crippen molar-refractivity contribution in [3.05, 3.63) is 33.9 Å². The Kier molecular flexibility index (Phi) is 5.47. The lowest BCUT2D eigenvalue weighted by molar-refractivity contribution is -0.386. The number of benzene rings is 1. The summed E-state index contributed by atoms with van der Waals surface area (Å²) in [7, 11) is 0. The molecular formula is C14H19N3O3. The number of rotatable bonds is 7. The maximum absolute atomic E-state index is 11.1. The summed E-state index contributed by atoms with van der Waals surface area (Å²) in [4.78, 5) is 10.6. The minimum absolute atomic E-state index is 0.0494. The highest BCUT2D eigenvalue weighted by Crippen LogP contribution is 2.30. The van der Waals surface area contributed by atoms with Gasteiger partial charge in [0.1, 0.15) is 12.1 Å². The van der Waals surface area contributed by atoms with E-state index in [-0.39, 0.29) is 18.0 Å². The van der Waals surface area contributed by atoms with Gasteiger partial charge in [0, 0.05) is 5.56 Å². The summed E-state index contributed by atoms with van der Waals surface area (Å²) in [5.41, 5.74) is -0.385. The molecule has 0 aliphatic rings. The fraction of sp³-hybridized carbons (Fsp3) is 0.500. The van der Waals surface area contributed by atoms with Gasteiger partial charge >= 0.3 is 5.69 Å². The molecule has 1 aromatic rings. The average Bonchev–Trinajstić information content (AvgIpc) is 2.42. The number of para-hydroxylation sites is 1. The molecule has 0 fully saturated rings. The van der Waals surface area contributed by atoms with Crippen molar-refractivity contribution in [2.45, 2.75) is 32.7 Å². The van der Waals surface area contributed by atoms with E-state index in [2.05, 4.69) is 11.4 Å². The Labute approximate surface area is 118 Å². The standard InChI is InChI=1S/C14H19N3O3/c1-4-8-16-14(3,9-15)10-20-12-7-5-6-11(2)13(12)17(18)19/h5-7,16H,4,8,10H2,1-3H3. The van der Waals surface area contributed by atoms with Crippen molar-refractivity contribution in [3.8, 4) is 11.8 Å². The first-order chi connectivity index (χ1) is 9.43. The number of nitriles is 1. The van der Waals surface area contributed by atoms with Crippen LogP contribution in [-0.2, 0) is 0 Å². The molecule has 1 unspecified atom stereocenters. The number of hydrogen-bond acceptors (Lipinski definition) is 5. The molecular weight excluding hydrogens is 258 g/mol. The van der Waals surface area contributed by atoms with Gasteiger partial charge in [-0.25, -0.2) is 0 Å². The first kappa shape index (κ1) is 15.9. The predicted octanol–water partition coefficient (Wildman–Crippen LogP) is 2.56. The van der Waals surface area contributed by atoms with Crippen molar-refractivity contribution in [3.63, 3.8) is 0 Å². The molecule has 1 N–H and O–H groups in total. The van der Waals surface area contributed by atoms with E-state index in [4.69, 9.17) is 4.74 Å². The van der Waals surface area contributed by atoms with Crippen LogP contribution < -0.4 is 10.1 Å². The zero-order chi connectivity index (χ0) is 15.2. The Hall–Kier alpha value is -2.13. The number of hydrogen-bond donors (Lipinski definition) is 1. The number of nitro benzene ring substituents is 1. The highest BCUT2D eigenvalue weighted by Gasteiger charge is 2.26. The SMILES string of the molecule is CCCNC(C)(C#N)COc1cccc(C)c1[N+](=O)[O-]. The fourth-order valence-corrected chi connectivity index (χ4v) is 1.73. The minimum Gasteiger partial charge on any atom is -0.484 e. The van der Waals surface area contributed by atoms with Crippen molar-refractivity contribution in [1.82, 2.24) is 5.32 Å². The van der Waals surface area contributed by atoms with Gasteiger partial charge in [0.05, 0.1) is 11.0 Å². The first-order valence-electron chi connectivity index (χ1n) is 6.46. The number of nitro groups is 1. The van der Waals surface area contributed by atoms with Crippen LogP contribution in [0.5, 0.6) is 5.75 Å². The topological polar surface area (TPSA) is 88.2 Å². The van der Waals surface area contributed by atoms with Crippen molar-refractivity contribution in [2.24, 2.45) is 0 Å². The van der Waals surface area contributed by atoms with Crippen LogP contribution in [0.2, 0.25) is 0 Å². The van der Waals surface area contributed by atoms with E-state index in [0.717, 1.165) is 6.42 Å². The van der Waals surface area contributed by atoms with E-state index in [0.29, 0.717) is 12.1 Å². The predicted molar refractivity (Wildman–Crippen MR) is 75.6 cm³/mol.